The van der Waals surface area contributed by atoms with E-state index in [2.05, 4.69) is 0 Å². The molecule has 2 N–H and O–H groups in total. The van der Waals surface area contributed by atoms with Crippen molar-refractivity contribution in [2.24, 2.45) is 0 Å². The molecular formula is C18H34O6. The number of esters is 2. The molecule has 0 saturated carbocycles. The van der Waals surface area contributed by atoms with Crippen molar-refractivity contribution in [1.82, 2.24) is 0 Å². The van der Waals surface area contributed by atoms with Gasteiger partial charge in [0.05, 0.1) is 13.2 Å². The van der Waals surface area contributed by atoms with Gasteiger partial charge in [-0.25, -0.2) is 0 Å². The van der Waals surface area contributed by atoms with Gasteiger partial charge in [0.25, 0.3) is 0 Å². The molecule has 0 spiro atoms. The fourth-order valence-electron chi connectivity index (χ4n) is 2.19. The van der Waals surface area contributed by atoms with E-state index in [-0.39, 0.29) is 25.2 Å². The molecular weight excluding hydrogens is 312 g/mol. The van der Waals surface area contributed by atoms with Crippen LogP contribution in [0.3, 0.4) is 0 Å². The highest BCUT2D eigenvalue weighted by Gasteiger charge is 2.06. The van der Waals surface area contributed by atoms with Gasteiger partial charge in [0.2, 0.25) is 0 Å². The van der Waals surface area contributed by atoms with Gasteiger partial charge in [0.15, 0.2) is 0 Å². The molecule has 0 amide bonds. The van der Waals surface area contributed by atoms with Crippen molar-refractivity contribution >= 4 is 11.9 Å². The maximum atomic E-state index is 11.5. The predicted octanol–water partition coefficient (Wildman–Crippen LogP) is 2.74. The number of aliphatic hydroxyl groups excluding tert-OH is 2. The fraction of sp³-hybridized carbons (Fsp3) is 0.889. The number of unbranched alkanes of at least 4 members (excludes halogenated alkanes) is 7. The number of carbonyl (C=O) groups excluding carboxylic acids is 2. The molecule has 0 aliphatic rings. The van der Waals surface area contributed by atoms with Crippen LogP contribution in [0.25, 0.3) is 0 Å². The summed E-state index contributed by atoms with van der Waals surface area (Å²) in [5.41, 5.74) is 0. The average molecular weight is 346 g/mol. The molecule has 0 aromatic rings. The summed E-state index contributed by atoms with van der Waals surface area (Å²) in [5.74, 6) is -0.427. The van der Waals surface area contributed by atoms with E-state index in [0.717, 1.165) is 51.4 Å². The maximum absolute atomic E-state index is 11.5. The van der Waals surface area contributed by atoms with Crippen LogP contribution in [0.2, 0.25) is 0 Å². The third-order valence-electron chi connectivity index (χ3n) is 3.64. The Morgan fingerprint density at radius 2 is 0.917 bits per heavy atom. The van der Waals surface area contributed by atoms with Crippen LogP contribution in [0.4, 0.5) is 0 Å². The summed E-state index contributed by atoms with van der Waals surface area (Å²) >= 11 is 0. The second-order valence-corrected chi connectivity index (χ2v) is 5.92. The Morgan fingerprint density at radius 1 is 0.542 bits per heavy atom. The summed E-state index contributed by atoms with van der Waals surface area (Å²) in [4.78, 5) is 23.0. The van der Waals surface area contributed by atoms with E-state index in [0.29, 0.717) is 38.9 Å². The molecule has 0 saturated heterocycles. The van der Waals surface area contributed by atoms with Gasteiger partial charge >= 0.3 is 11.9 Å². The van der Waals surface area contributed by atoms with Crippen LogP contribution >= 0.6 is 0 Å². The molecule has 0 heterocycles. The van der Waals surface area contributed by atoms with E-state index < -0.39 is 0 Å². The molecule has 0 aliphatic carbocycles. The first-order valence-electron chi connectivity index (χ1n) is 9.23. The van der Waals surface area contributed by atoms with Gasteiger partial charge in [-0.15, -0.1) is 0 Å². The Balaban J connectivity index is 3.31. The molecule has 142 valence electrons. The van der Waals surface area contributed by atoms with E-state index in [9.17, 15) is 9.59 Å². The van der Waals surface area contributed by atoms with Gasteiger partial charge < -0.3 is 19.7 Å². The van der Waals surface area contributed by atoms with Gasteiger partial charge in [-0.2, -0.15) is 0 Å². The molecule has 0 fully saturated rings. The fourth-order valence-corrected chi connectivity index (χ4v) is 2.19. The molecule has 6 heteroatoms. The van der Waals surface area contributed by atoms with Gasteiger partial charge in [0.1, 0.15) is 0 Å². The zero-order valence-electron chi connectivity index (χ0n) is 14.8. The van der Waals surface area contributed by atoms with Crippen molar-refractivity contribution in [3.8, 4) is 0 Å². The first-order valence-corrected chi connectivity index (χ1v) is 9.23. The van der Waals surface area contributed by atoms with Gasteiger partial charge in [-0.1, -0.05) is 12.8 Å². The Bertz CT molecular complexity index is 276. The smallest absolute Gasteiger partial charge is 0.305 e. The Hall–Kier alpha value is -1.14. The Morgan fingerprint density at radius 3 is 1.29 bits per heavy atom. The van der Waals surface area contributed by atoms with Crippen molar-refractivity contribution < 1.29 is 29.3 Å². The number of ether oxygens (including phenoxy) is 2. The molecule has 6 nitrogen and oxygen atoms in total. The summed E-state index contributed by atoms with van der Waals surface area (Å²) in [6.45, 7) is 1.29. The van der Waals surface area contributed by atoms with E-state index in [4.69, 9.17) is 19.7 Å². The summed E-state index contributed by atoms with van der Waals surface area (Å²) in [6.07, 6.45) is 9.03. The molecule has 0 bridgehead atoms. The third kappa shape index (κ3) is 17.2. The minimum absolute atomic E-state index is 0.214. The van der Waals surface area contributed by atoms with E-state index >= 15 is 0 Å². The average Bonchev–Trinajstić information content (AvgIpc) is 2.58. The first kappa shape index (κ1) is 22.9. The Kier molecular flexibility index (Phi) is 17.3. The topological polar surface area (TPSA) is 93.1 Å². The summed E-state index contributed by atoms with van der Waals surface area (Å²) in [5, 5.41) is 17.3. The lowest BCUT2D eigenvalue weighted by Crippen LogP contribution is -2.08. The van der Waals surface area contributed by atoms with Gasteiger partial charge in [0, 0.05) is 26.1 Å². The number of carbonyl (C=O) groups is 2. The lowest BCUT2D eigenvalue weighted by atomic mass is 10.2. The van der Waals surface area contributed by atoms with E-state index in [1.165, 1.54) is 0 Å². The van der Waals surface area contributed by atoms with E-state index in [1.54, 1.807) is 0 Å². The lowest BCUT2D eigenvalue weighted by molar-refractivity contribution is -0.146. The van der Waals surface area contributed by atoms with Crippen molar-refractivity contribution in [1.29, 1.82) is 0 Å². The number of rotatable bonds is 17. The molecule has 0 radical (unpaired) electrons. The predicted molar refractivity (Wildman–Crippen MR) is 91.5 cm³/mol. The highest BCUT2D eigenvalue weighted by atomic mass is 16.5. The van der Waals surface area contributed by atoms with Crippen LogP contribution < -0.4 is 0 Å². The SMILES string of the molecule is O=C(CCCCC(=O)OCCCCCCO)OCCCCCCO. The van der Waals surface area contributed by atoms with Crippen LogP contribution in [0.15, 0.2) is 0 Å². The van der Waals surface area contributed by atoms with Crippen molar-refractivity contribution in [3.05, 3.63) is 0 Å². The lowest BCUT2D eigenvalue weighted by Gasteiger charge is -2.06. The number of hydrogen-bond donors (Lipinski definition) is 2. The largest absolute Gasteiger partial charge is 0.466 e. The van der Waals surface area contributed by atoms with Crippen LogP contribution in [0.1, 0.15) is 77.0 Å². The summed E-state index contributed by atoms with van der Waals surface area (Å²) < 4.78 is 10.2. The molecule has 0 aromatic carbocycles. The zero-order chi connectivity index (χ0) is 17.9. The molecule has 0 rings (SSSR count). The first-order chi connectivity index (χ1) is 11.7. The highest BCUT2D eigenvalue weighted by Crippen LogP contribution is 2.06. The van der Waals surface area contributed by atoms with Crippen molar-refractivity contribution in [3.63, 3.8) is 0 Å². The van der Waals surface area contributed by atoms with Crippen molar-refractivity contribution in [2.45, 2.75) is 77.0 Å². The minimum Gasteiger partial charge on any atom is -0.466 e. The monoisotopic (exact) mass is 346 g/mol. The second kappa shape index (κ2) is 18.2. The minimum atomic E-state index is -0.214. The molecule has 0 aromatic heterocycles. The highest BCUT2D eigenvalue weighted by molar-refractivity contribution is 5.70. The van der Waals surface area contributed by atoms with Crippen LogP contribution in [0, 0.1) is 0 Å². The molecule has 24 heavy (non-hydrogen) atoms. The summed E-state index contributed by atoms with van der Waals surface area (Å²) in [6, 6.07) is 0. The van der Waals surface area contributed by atoms with Crippen LogP contribution in [0.5, 0.6) is 0 Å². The van der Waals surface area contributed by atoms with Crippen LogP contribution in [-0.4, -0.2) is 48.6 Å². The zero-order valence-corrected chi connectivity index (χ0v) is 14.8. The van der Waals surface area contributed by atoms with Gasteiger partial charge in [-0.05, 0) is 51.4 Å². The molecule has 0 atom stereocenters. The quantitative estimate of drug-likeness (QED) is 0.311. The van der Waals surface area contributed by atoms with Crippen molar-refractivity contribution in [2.75, 3.05) is 26.4 Å². The second-order valence-electron chi connectivity index (χ2n) is 5.92. The summed E-state index contributed by atoms with van der Waals surface area (Å²) in [7, 11) is 0. The number of aliphatic hydroxyl groups is 2. The van der Waals surface area contributed by atoms with Gasteiger partial charge in [-0.3, -0.25) is 9.59 Å². The number of hydrogen-bond acceptors (Lipinski definition) is 6. The normalized spacial score (nSPS) is 10.6. The van der Waals surface area contributed by atoms with E-state index in [1.807, 2.05) is 0 Å². The third-order valence-corrected chi connectivity index (χ3v) is 3.64. The van der Waals surface area contributed by atoms with Crippen LogP contribution in [-0.2, 0) is 19.1 Å². The Labute approximate surface area is 145 Å². The molecule has 0 aliphatic heterocycles. The standard InChI is InChI=1S/C18H34O6/c19-13-7-1-3-9-15-23-17(21)11-5-6-12-18(22)24-16-10-4-2-8-14-20/h19-20H,1-16H2. The maximum Gasteiger partial charge on any atom is 0.305 e. The molecule has 0 unspecified atom stereocenters.